The van der Waals surface area contributed by atoms with Gasteiger partial charge < -0.3 is 5.32 Å². The fourth-order valence-electron chi connectivity index (χ4n) is 3.76. The molecule has 0 spiro atoms. The average Bonchev–Trinajstić information content (AvgIpc) is 3.03. The molecule has 0 unspecified atom stereocenters. The van der Waals surface area contributed by atoms with E-state index in [1.54, 1.807) is 0 Å². The molecule has 0 bridgehead atoms. The SMILES string of the molecule is Cc1cc(C)c2c(n1)nn1c(C)c(CCC(=O)Nc3ccc(F)c(Cl)c3)c(C)nc21. The first-order valence-electron chi connectivity index (χ1n) is 9.62. The maximum absolute atomic E-state index is 13.3. The number of amides is 1. The van der Waals surface area contributed by atoms with Crippen molar-refractivity contribution in [2.45, 2.75) is 40.5 Å². The topological polar surface area (TPSA) is 72.2 Å². The van der Waals surface area contributed by atoms with Gasteiger partial charge in [0.15, 0.2) is 11.3 Å². The van der Waals surface area contributed by atoms with Crippen molar-refractivity contribution >= 4 is 39.9 Å². The predicted octanol–water partition coefficient (Wildman–Crippen LogP) is 4.87. The zero-order valence-electron chi connectivity index (χ0n) is 17.2. The molecule has 0 aliphatic carbocycles. The fraction of sp³-hybridized carbons (Fsp3) is 0.273. The molecule has 3 aromatic heterocycles. The number of aromatic nitrogens is 4. The minimum absolute atomic E-state index is 0.0287. The first kappa shape index (κ1) is 20.2. The number of pyridine rings is 1. The molecule has 0 saturated heterocycles. The van der Waals surface area contributed by atoms with E-state index in [2.05, 4.69) is 15.4 Å². The van der Waals surface area contributed by atoms with Gasteiger partial charge >= 0.3 is 0 Å². The van der Waals surface area contributed by atoms with Crippen molar-refractivity contribution in [2.24, 2.45) is 0 Å². The van der Waals surface area contributed by atoms with Crippen molar-refractivity contribution in [3.05, 3.63) is 63.3 Å². The van der Waals surface area contributed by atoms with Crippen molar-refractivity contribution in [3.63, 3.8) is 0 Å². The molecule has 0 saturated carbocycles. The van der Waals surface area contributed by atoms with Crippen LogP contribution in [0.3, 0.4) is 0 Å². The maximum Gasteiger partial charge on any atom is 0.224 e. The van der Waals surface area contributed by atoms with Crippen LogP contribution in [0.1, 0.15) is 34.6 Å². The monoisotopic (exact) mass is 425 g/mol. The van der Waals surface area contributed by atoms with E-state index in [-0.39, 0.29) is 17.4 Å². The third kappa shape index (κ3) is 3.61. The van der Waals surface area contributed by atoms with Gasteiger partial charge in [0.25, 0.3) is 0 Å². The third-order valence-electron chi connectivity index (χ3n) is 5.21. The van der Waals surface area contributed by atoms with E-state index in [9.17, 15) is 9.18 Å². The van der Waals surface area contributed by atoms with Crippen LogP contribution in [-0.4, -0.2) is 25.5 Å². The number of carbonyl (C=O) groups excluding carboxylic acids is 1. The number of benzene rings is 1. The Morgan fingerprint density at radius 2 is 1.93 bits per heavy atom. The number of hydrogen-bond donors (Lipinski definition) is 1. The second-order valence-electron chi connectivity index (χ2n) is 7.45. The molecule has 6 nitrogen and oxygen atoms in total. The maximum atomic E-state index is 13.3. The van der Waals surface area contributed by atoms with Gasteiger partial charge in [0, 0.05) is 29.2 Å². The second kappa shape index (κ2) is 7.65. The zero-order chi connectivity index (χ0) is 21.6. The lowest BCUT2D eigenvalue weighted by atomic mass is 10.1. The lowest BCUT2D eigenvalue weighted by Crippen LogP contribution is -2.14. The first-order chi connectivity index (χ1) is 14.2. The molecule has 0 aliphatic rings. The molecular formula is C22H21ClFN5O. The Morgan fingerprint density at radius 3 is 2.67 bits per heavy atom. The van der Waals surface area contributed by atoms with Crippen molar-refractivity contribution in [1.29, 1.82) is 0 Å². The van der Waals surface area contributed by atoms with Crippen LogP contribution in [0.5, 0.6) is 0 Å². The Hall–Kier alpha value is -3.06. The van der Waals surface area contributed by atoms with Gasteiger partial charge in [0.05, 0.1) is 10.4 Å². The Labute approximate surface area is 178 Å². The summed E-state index contributed by atoms with van der Waals surface area (Å²) in [6.45, 7) is 7.89. The summed E-state index contributed by atoms with van der Waals surface area (Å²) in [5, 5.41) is 8.31. The number of fused-ring (bicyclic) bond motifs is 3. The molecule has 4 aromatic rings. The number of halogens is 2. The third-order valence-corrected chi connectivity index (χ3v) is 5.50. The Kier molecular flexibility index (Phi) is 5.15. The lowest BCUT2D eigenvalue weighted by molar-refractivity contribution is -0.116. The summed E-state index contributed by atoms with van der Waals surface area (Å²) in [4.78, 5) is 21.7. The molecule has 3 heterocycles. The normalized spacial score (nSPS) is 11.4. The fourth-order valence-corrected chi connectivity index (χ4v) is 3.95. The van der Waals surface area contributed by atoms with Gasteiger partial charge in [-0.05, 0) is 69.5 Å². The van der Waals surface area contributed by atoms with Gasteiger partial charge in [0.1, 0.15) is 5.82 Å². The number of hydrogen-bond acceptors (Lipinski definition) is 4. The summed E-state index contributed by atoms with van der Waals surface area (Å²) in [5.74, 6) is -0.706. The van der Waals surface area contributed by atoms with Gasteiger partial charge in [-0.1, -0.05) is 11.6 Å². The molecule has 8 heteroatoms. The number of carbonyl (C=O) groups is 1. The highest BCUT2D eigenvalue weighted by atomic mass is 35.5. The predicted molar refractivity (Wildman–Crippen MR) is 116 cm³/mol. The van der Waals surface area contributed by atoms with Crippen molar-refractivity contribution in [1.82, 2.24) is 19.6 Å². The van der Waals surface area contributed by atoms with Crippen LogP contribution in [0.4, 0.5) is 10.1 Å². The van der Waals surface area contributed by atoms with Crippen LogP contribution in [-0.2, 0) is 11.2 Å². The van der Waals surface area contributed by atoms with Crippen LogP contribution in [0.2, 0.25) is 5.02 Å². The molecule has 4 rings (SSSR count). The Balaban J connectivity index is 1.61. The molecule has 0 atom stereocenters. The highest BCUT2D eigenvalue weighted by Crippen LogP contribution is 2.25. The van der Waals surface area contributed by atoms with E-state index in [4.69, 9.17) is 16.6 Å². The highest BCUT2D eigenvalue weighted by molar-refractivity contribution is 6.31. The van der Waals surface area contributed by atoms with Gasteiger partial charge in [-0.25, -0.2) is 18.9 Å². The van der Waals surface area contributed by atoms with Gasteiger partial charge in [-0.3, -0.25) is 4.79 Å². The zero-order valence-corrected chi connectivity index (χ0v) is 17.9. The van der Waals surface area contributed by atoms with Crippen LogP contribution in [0, 0.1) is 33.5 Å². The van der Waals surface area contributed by atoms with E-state index >= 15 is 0 Å². The van der Waals surface area contributed by atoms with E-state index in [0.29, 0.717) is 17.8 Å². The summed E-state index contributed by atoms with van der Waals surface area (Å²) in [5.41, 5.74) is 6.68. The number of nitrogens with zero attached hydrogens (tertiary/aromatic N) is 4. The minimum Gasteiger partial charge on any atom is -0.326 e. The molecule has 1 N–H and O–H groups in total. The molecular weight excluding hydrogens is 405 g/mol. The number of aryl methyl sites for hydroxylation is 4. The van der Waals surface area contributed by atoms with Crippen molar-refractivity contribution in [3.8, 4) is 0 Å². The minimum atomic E-state index is -0.521. The molecule has 1 amide bonds. The van der Waals surface area contributed by atoms with Crippen LogP contribution >= 0.6 is 11.6 Å². The summed E-state index contributed by atoms with van der Waals surface area (Å²) >= 11 is 5.77. The summed E-state index contributed by atoms with van der Waals surface area (Å²) in [6, 6.07) is 6.13. The largest absolute Gasteiger partial charge is 0.326 e. The molecule has 1 aromatic carbocycles. The van der Waals surface area contributed by atoms with Crippen molar-refractivity contribution in [2.75, 3.05) is 5.32 Å². The molecule has 0 radical (unpaired) electrons. The first-order valence-corrected chi connectivity index (χ1v) is 10.00. The van der Waals surface area contributed by atoms with Gasteiger partial charge in [-0.2, -0.15) is 0 Å². The van der Waals surface area contributed by atoms with Crippen LogP contribution < -0.4 is 5.32 Å². The smallest absolute Gasteiger partial charge is 0.224 e. The lowest BCUT2D eigenvalue weighted by Gasteiger charge is -2.11. The quantitative estimate of drug-likeness (QED) is 0.506. The summed E-state index contributed by atoms with van der Waals surface area (Å²) in [7, 11) is 0. The van der Waals surface area contributed by atoms with Crippen LogP contribution in [0.25, 0.3) is 16.7 Å². The number of anilines is 1. The summed E-state index contributed by atoms with van der Waals surface area (Å²) < 4.78 is 15.1. The second-order valence-corrected chi connectivity index (χ2v) is 7.86. The molecule has 30 heavy (non-hydrogen) atoms. The Bertz CT molecular complexity index is 1310. The number of nitrogens with one attached hydrogen (secondary N) is 1. The van der Waals surface area contributed by atoms with Gasteiger partial charge in [-0.15, -0.1) is 5.10 Å². The van der Waals surface area contributed by atoms with E-state index in [0.717, 1.165) is 39.2 Å². The Morgan fingerprint density at radius 1 is 1.17 bits per heavy atom. The van der Waals surface area contributed by atoms with Gasteiger partial charge in [0.2, 0.25) is 5.91 Å². The standard InChI is InChI=1S/C22H21ClFN5O/c1-11-9-12(2)25-21-20(11)22-26-13(3)16(14(4)29(22)28-21)6-8-19(30)27-15-5-7-18(24)17(23)10-15/h5,7,9-10H,6,8H2,1-4H3,(H,27,30). The van der Waals surface area contributed by atoms with Crippen molar-refractivity contribution < 1.29 is 9.18 Å². The van der Waals surface area contributed by atoms with E-state index in [1.165, 1.54) is 18.2 Å². The molecule has 0 fully saturated rings. The van der Waals surface area contributed by atoms with E-state index in [1.807, 2.05) is 38.3 Å². The summed E-state index contributed by atoms with van der Waals surface area (Å²) in [6.07, 6.45) is 0.754. The van der Waals surface area contributed by atoms with Crippen LogP contribution in [0.15, 0.2) is 24.3 Å². The molecule has 154 valence electrons. The average molecular weight is 426 g/mol. The molecule has 0 aliphatic heterocycles. The highest BCUT2D eigenvalue weighted by Gasteiger charge is 2.17. The number of rotatable bonds is 4. The van der Waals surface area contributed by atoms with E-state index < -0.39 is 5.82 Å².